The van der Waals surface area contributed by atoms with E-state index in [1.807, 2.05) is 6.26 Å². The molecule has 0 bridgehead atoms. The third-order valence-corrected chi connectivity index (χ3v) is 2.90. The number of ether oxygens (including phenoxy) is 1. The molecule has 108 valence electrons. The zero-order valence-electron chi connectivity index (χ0n) is 10.9. The summed E-state index contributed by atoms with van der Waals surface area (Å²) >= 11 is 1.54. The van der Waals surface area contributed by atoms with Crippen LogP contribution in [0.25, 0.3) is 0 Å². The van der Waals surface area contributed by atoms with Gasteiger partial charge in [-0.25, -0.2) is 14.6 Å². The van der Waals surface area contributed by atoms with E-state index in [0.29, 0.717) is 6.29 Å². The summed E-state index contributed by atoms with van der Waals surface area (Å²) in [6, 6.07) is 6.64. The van der Waals surface area contributed by atoms with Crippen LogP contribution in [0.1, 0.15) is 10.4 Å². The maximum Gasteiger partial charge on any atom is 0.379 e. The monoisotopic (exact) mass is 298 g/mol. The lowest BCUT2D eigenvalue weighted by Crippen LogP contribution is -2.20. The summed E-state index contributed by atoms with van der Waals surface area (Å²) in [5.41, 5.74) is 0.269. The molecular formula is C13H14O6S. The Morgan fingerprint density at radius 3 is 2.45 bits per heavy atom. The van der Waals surface area contributed by atoms with Gasteiger partial charge in [-0.2, -0.15) is 0 Å². The molecule has 1 aromatic rings. The molecular weight excluding hydrogens is 284 g/mol. The first-order chi connectivity index (χ1) is 9.69. The highest BCUT2D eigenvalue weighted by atomic mass is 32.2. The van der Waals surface area contributed by atoms with Gasteiger partial charge < -0.3 is 9.53 Å². The quantitative estimate of drug-likeness (QED) is 0.0993. The summed E-state index contributed by atoms with van der Waals surface area (Å²) in [7, 11) is 0. The summed E-state index contributed by atoms with van der Waals surface area (Å²) < 4.78 is 4.71. The van der Waals surface area contributed by atoms with E-state index in [1.165, 1.54) is 11.8 Å². The molecule has 0 saturated heterocycles. The summed E-state index contributed by atoms with van der Waals surface area (Å²) in [6.45, 7) is -0.390. The van der Waals surface area contributed by atoms with Crippen LogP contribution >= 0.6 is 11.8 Å². The Hall–Kier alpha value is -1.70. The summed E-state index contributed by atoms with van der Waals surface area (Å²) in [6.07, 6.45) is 2.44. The Bertz CT molecular complexity index is 456. The minimum Gasteiger partial charge on any atom is -0.457 e. The molecule has 0 aromatic heterocycles. The first kappa shape index (κ1) is 16.4. The third kappa shape index (κ3) is 5.52. The third-order valence-electron chi connectivity index (χ3n) is 2.16. The lowest BCUT2D eigenvalue weighted by atomic mass is 10.1. The Labute approximate surface area is 120 Å². The molecule has 0 aliphatic heterocycles. The van der Waals surface area contributed by atoms with E-state index in [1.54, 1.807) is 24.3 Å². The van der Waals surface area contributed by atoms with E-state index in [4.69, 9.17) is 4.74 Å². The van der Waals surface area contributed by atoms with Gasteiger partial charge in [0, 0.05) is 10.5 Å². The predicted molar refractivity (Wildman–Crippen MR) is 71.5 cm³/mol. The fourth-order valence-corrected chi connectivity index (χ4v) is 1.64. The number of hydrogen-bond acceptors (Lipinski definition) is 7. The molecule has 0 spiro atoms. The first-order valence-electron chi connectivity index (χ1n) is 5.72. The second-order valence-corrected chi connectivity index (χ2v) is 4.35. The average molecular weight is 298 g/mol. The number of thioether (sulfide) groups is 1. The summed E-state index contributed by atoms with van der Waals surface area (Å²) in [4.78, 5) is 43.0. The van der Waals surface area contributed by atoms with Crippen molar-refractivity contribution < 1.29 is 28.9 Å². The van der Waals surface area contributed by atoms with Gasteiger partial charge in [0.05, 0.1) is 0 Å². The maximum absolute atomic E-state index is 11.7. The second-order valence-electron chi connectivity index (χ2n) is 3.47. The summed E-state index contributed by atoms with van der Waals surface area (Å²) in [5.74, 6) is -1.67. The van der Waals surface area contributed by atoms with Gasteiger partial charge in [0.15, 0.2) is 0 Å². The van der Waals surface area contributed by atoms with Crippen molar-refractivity contribution >= 4 is 29.8 Å². The Kier molecular flexibility index (Phi) is 7.56. The molecule has 0 fully saturated rings. The Morgan fingerprint density at radius 1 is 1.15 bits per heavy atom. The van der Waals surface area contributed by atoms with Crippen LogP contribution in [-0.2, 0) is 24.1 Å². The molecule has 0 radical (unpaired) electrons. The van der Waals surface area contributed by atoms with E-state index in [2.05, 4.69) is 9.78 Å². The van der Waals surface area contributed by atoms with Crippen LogP contribution in [0.2, 0.25) is 0 Å². The molecule has 0 atom stereocenters. The molecule has 7 heteroatoms. The number of Topliss-reactive ketones (excluding diaryl/α,β-unsaturated/α-hetero) is 1. The smallest absolute Gasteiger partial charge is 0.379 e. The van der Waals surface area contributed by atoms with E-state index in [9.17, 15) is 14.4 Å². The van der Waals surface area contributed by atoms with Gasteiger partial charge in [-0.15, -0.1) is 11.8 Å². The number of esters is 1. The second kappa shape index (κ2) is 9.24. The van der Waals surface area contributed by atoms with Crippen LogP contribution in [0.15, 0.2) is 29.2 Å². The molecule has 0 aliphatic carbocycles. The van der Waals surface area contributed by atoms with Gasteiger partial charge in [0.25, 0.3) is 5.78 Å². The molecule has 20 heavy (non-hydrogen) atoms. The summed E-state index contributed by atoms with van der Waals surface area (Å²) in [5, 5.41) is 0. The van der Waals surface area contributed by atoms with Gasteiger partial charge >= 0.3 is 5.97 Å². The molecule has 0 saturated carbocycles. The first-order valence-corrected chi connectivity index (χ1v) is 6.95. The van der Waals surface area contributed by atoms with Gasteiger partial charge in [-0.1, -0.05) is 0 Å². The van der Waals surface area contributed by atoms with E-state index >= 15 is 0 Å². The van der Waals surface area contributed by atoms with E-state index in [0.717, 1.165) is 4.90 Å². The maximum atomic E-state index is 11.7. The van der Waals surface area contributed by atoms with Crippen LogP contribution in [0.4, 0.5) is 0 Å². The highest BCUT2D eigenvalue weighted by Crippen LogP contribution is 2.15. The Balaban J connectivity index is 2.34. The molecule has 0 heterocycles. The number of ketones is 1. The fraction of sp³-hybridized carbons (Fsp3) is 0.308. The number of carbonyl (C=O) groups excluding carboxylic acids is 3. The van der Waals surface area contributed by atoms with Crippen molar-refractivity contribution in [2.45, 2.75) is 4.90 Å². The number of aldehydes is 1. The van der Waals surface area contributed by atoms with Crippen LogP contribution < -0.4 is 0 Å². The zero-order valence-corrected chi connectivity index (χ0v) is 11.7. The lowest BCUT2D eigenvalue weighted by molar-refractivity contribution is -0.290. The SMILES string of the molecule is CSc1ccc(C(=O)C(=O)OCCOOCC=O)cc1. The van der Waals surface area contributed by atoms with Gasteiger partial charge in [-0.05, 0) is 30.5 Å². The van der Waals surface area contributed by atoms with Crippen molar-refractivity contribution in [1.82, 2.24) is 0 Å². The number of benzene rings is 1. The minimum atomic E-state index is -0.958. The van der Waals surface area contributed by atoms with Gasteiger partial charge in [-0.3, -0.25) is 4.79 Å². The predicted octanol–water partition coefficient (Wildman–Crippen LogP) is 1.28. The molecule has 6 nitrogen and oxygen atoms in total. The van der Waals surface area contributed by atoms with Crippen molar-refractivity contribution in [1.29, 1.82) is 0 Å². The highest BCUT2D eigenvalue weighted by Gasteiger charge is 2.17. The van der Waals surface area contributed by atoms with Crippen molar-refractivity contribution in [2.75, 3.05) is 26.1 Å². The van der Waals surface area contributed by atoms with Gasteiger partial charge in [0.1, 0.15) is 26.1 Å². The van der Waals surface area contributed by atoms with Crippen molar-refractivity contribution in [2.24, 2.45) is 0 Å². The number of hydrogen-bond donors (Lipinski definition) is 0. The van der Waals surface area contributed by atoms with E-state index in [-0.39, 0.29) is 25.4 Å². The van der Waals surface area contributed by atoms with Crippen LogP contribution in [0, 0.1) is 0 Å². The molecule has 0 aliphatic rings. The molecule has 1 rings (SSSR count). The van der Waals surface area contributed by atoms with Crippen LogP contribution in [0.3, 0.4) is 0 Å². The fourth-order valence-electron chi connectivity index (χ4n) is 1.23. The number of carbonyl (C=O) groups is 3. The molecule has 1 aromatic carbocycles. The van der Waals surface area contributed by atoms with Crippen molar-refractivity contribution in [3.63, 3.8) is 0 Å². The zero-order chi connectivity index (χ0) is 14.8. The van der Waals surface area contributed by atoms with Crippen molar-refractivity contribution in [3.8, 4) is 0 Å². The van der Waals surface area contributed by atoms with Crippen LogP contribution in [0.5, 0.6) is 0 Å². The molecule has 0 amide bonds. The standard InChI is InChI=1S/C13H14O6S/c1-20-11-4-2-10(3-5-11)12(15)13(16)17-8-9-19-18-7-6-14/h2-6H,7-9H2,1H3. The minimum absolute atomic E-state index is 0.0573. The molecule has 0 N–H and O–H groups in total. The lowest BCUT2D eigenvalue weighted by Gasteiger charge is -2.04. The van der Waals surface area contributed by atoms with Gasteiger partial charge in [0.2, 0.25) is 0 Å². The van der Waals surface area contributed by atoms with Crippen LogP contribution in [-0.4, -0.2) is 44.1 Å². The van der Waals surface area contributed by atoms with E-state index < -0.39 is 11.8 Å². The largest absolute Gasteiger partial charge is 0.457 e. The Morgan fingerprint density at radius 2 is 1.85 bits per heavy atom. The highest BCUT2D eigenvalue weighted by molar-refractivity contribution is 7.98. The molecule has 0 unspecified atom stereocenters. The normalized spacial score (nSPS) is 10.1. The topological polar surface area (TPSA) is 78.9 Å². The van der Waals surface area contributed by atoms with Crippen molar-refractivity contribution in [3.05, 3.63) is 29.8 Å². The average Bonchev–Trinajstić information content (AvgIpc) is 2.50. The number of rotatable bonds is 9.